The van der Waals surface area contributed by atoms with Gasteiger partial charge in [0.25, 0.3) is 9.70 Å². The van der Waals surface area contributed by atoms with Crippen LogP contribution in [0.1, 0.15) is 32.6 Å². The molecule has 0 spiro atoms. The first-order chi connectivity index (χ1) is 33.1. The zero-order chi connectivity index (χ0) is 47.7. The van der Waals surface area contributed by atoms with Gasteiger partial charge >= 0.3 is 5.97 Å². The van der Waals surface area contributed by atoms with E-state index >= 15 is 0 Å². The molecule has 7 rings (SSSR count). The van der Waals surface area contributed by atoms with Gasteiger partial charge in [-0.3, -0.25) is 4.79 Å². The van der Waals surface area contributed by atoms with Gasteiger partial charge in [0.15, 0.2) is 18.7 Å². The molecule has 360 valence electrons. The maximum absolute atomic E-state index is 13.9. The number of hydrogen-bond donors (Lipinski definition) is 2. The van der Waals surface area contributed by atoms with Gasteiger partial charge in [-0.1, -0.05) is 180 Å². The zero-order valence-corrected chi connectivity index (χ0v) is 39.3. The van der Waals surface area contributed by atoms with Crippen molar-refractivity contribution >= 4 is 46.7 Å². The van der Waals surface area contributed by atoms with E-state index in [1.165, 1.54) is 6.08 Å². The fourth-order valence-electron chi connectivity index (χ4n) is 7.83. The average Bonchev–Trinajstić information content (AvgIpc) is 3.36. The lowest BCUT2D eigenvalue weighted by Crippen LogP contribution is -2.69. The van der Waals surface area contributed by atoms with Gasteiger partial charge in [-0.15, -0.1) is 6.58 Å². The number of aliphatic hydroxyl groups excluding tert-OH is 1. The van der Waals surface area contributed by atoms with Crippen molar-refractivity contribution < 1.29 is 57.3 Å². The van der Waals surface area contributed by atoms with Gasteiger partial charge in [0, 0.05) is 0 Å². The summed E-state index contributed by atoms with van der Waals surface area (Å²) in [6, 6.07) is 45.0. The molecule has 2 fully saturated rings. The van der Waals surface area contributed by atoms with E-state index < -0.39 is 83.6 Å². The van der Waals surface area contributed by atoms with Gasteiger partial charge in [-0.2, -0.15) is 0 Å². The molecule has 0 bridgehead atoms. The summed E-state index contributed by atoms with van der Waals surface area (Å²) in [5.41, 5.74) is 3.61. The fourth-order valence-corrected chi connectivity index (χ4v) is 7.99. The third kappa shape index (κ3) is 14.4. The minimum Gasteiger partial charge on any atom is -0.450 e. The van der Waals surface area contributed by atoms with Crippen molar-refractivity contribution in [2.45, 2.75) is 91.6 Å². The fraction of sp³-hybridized carbons (Fsp3) is 0.346. The van der Waals surface area contributed by atoms with Crippen molar-refractivity contribution in [2.24, 2.45) is 0 Å². The van der Waals surface area contributed by atoms with E-state index in [0.717, 1.165) is 22.3 Å². The van der Waals surface area contributed by atoms with E-state index in [-0.39, 0.29) is 45.2 Å². The molecule has 2 N–H and O–H groups in total. The number of benzene rings is 5. The molecule has 13 nitrogen and oxygen atoms in total. The highest BCUT2D eigenvalue weighted by molar-refractivity contribution is 6.76. The number of carbonyl (C=O) groups excluding carboxylic acids is 2. The normalized spacial score (nSPS) is 25.0. The van der Waals surface area contributed by atoms with Gasteiger partial charge in [-0.05, 0) is 34.4 Å². The largest absolute Gasteiger partial charge is 0.450 e. The Labute approximate surface area is 411 Å². The van der Waals surface area contributed by atoms with Gasteiger partial charge in [0.05, 0.1) is 51.8 Å². The molecule has 0 saturated carbocycles. The van der Waals surface area contributed by atoms with Crippen LogP contribution in [0, 0.1) is 0 Å². The van der Waals surface area contributed by atoms with Crippen LogP contribution in [-0.2, 0) is 73.9 Å². The minimum atomic E-state index is -2.44. The van der Waals surface area contributed by atoms with Crippen molar-refractivity contribution in [3.05, 3.63) is 192 Å². The smallest absolute Gasteiger partial charge is 0.338 e. The van der Waals surface area contributed by atoms with E-state index in [9.17, 15) is 14.7 Å². The van der Waals surface area contributed by atoms with Crippen LogP contribution in [0.5, 0.6) is 0 Å². The van der Waals surface area contributed by atoms with Gasteiger partial charge in [0.1, 0.15) is 42.7 Å². The second-order valence-corrected chi connectivity index (χ2v) is 18.3. The lowest BCUT2D eigenvalue weighted by molar-refractivity contribution is -0.355. The Balaban J connectivity index is 1.30. The maximum atomic E-state index is 13.9. The molecule has 10 atom stereocenters. The van der Waals surface area contributed by atoms with Crippen LogP contribution in [0.3, 0.4) is 0 Å². The monoisotopic (exact) mass is 989 g/mol. The lowest BCUT2D eigenvalue weighted by Gasteiger charge is -2.50. The predicted molar refractivity (Wildman–Crippen MR) is 254 cm³/mol. The van der Waals surface area contributed by atoms with Crippen molar-refractivity contribution in [1.29, 1.82) is 0 Å². The first kappa shape index (κ1) is 51.1. The van der Waals surface area contributed by atoms with Crippen LogP contribution in [-0.4, -0.2) is 102 Å². The number of carbonyl (C=O) groups is 2. The zero-order valence-electron chi connectivity index (χ0n) is 37.0. The number of ether oxygens (including phenoxy) is 9. The third-order valence-corrected chi connectivity index (χ3v) is 11.7. The summed E-state index contributed by atoms with van der Waals surface area (Å²) in [4.78, 5) is 27.8. The molecule has 16 heteroatoms. The molecule has 0 aromatic heterocycles. The van der Waals surface area contributed by atoms with E-state index in [1.807, 2.05) is 121 Å². The number of halogens is 3. The van der Waals surface area contributed by atoms with Crippen LogP contribution in [0.25, 0.3) is 0 Å². The van der Waals surface area contributed by atoms with E-state index in [2.05, 4.69) is 11.9 Å². The number of esters is 1. The molecule has 2 heterocycles. The van der Waals surface area contributed by atoms with Crippen LogP contribution in [0.2, 0.25) is 0 Å². The highest BCUT2D eigenvalue weighted by atomic mass is 35.6. The van der Waals surface area contributed by atoms with Crippen molar-refractivity contribution in [2.75, 3.05) is 19.8 Å². The Kier molecular flexibility index (Phi) is 19.4. The summed E-state index contributed by atoms with van der Waals surface area (Å²) >= 11 is 18.7. The van der Waals surface area contributed by atoms with Crippen molar-refractivity contribution in [1.82, 2.24) is 5.32 Å². The summed E-state index contributed by atoms with van der Waals surface area (Å²) in [7, 11) is 0. The lowest BCUT2D eigenvalue weighted by atomic mass is 9.94. The summed E-state index contributed by atoms with van der Waals surface area (Å²) in [6.45, 7) is 3.49. The van der Waals surface area contributed by atoms with E-state index in [0.29, 0.717) is 0 Å². The van der Waals surface area contributed by atoms with Crippen molar-refractivity contribution in [3.8, 4) is 0 Å². The second-order valence-electron chi connectivity index (χ2n) is 16.0. The summed E-state index contributed by atoms with van der Waals surface area (Å²) in [5, 5.41) is 13.9. The number of aliphatic hydroxyl groups is 1. The van der Waals surface area contributed by atoms with Gasteiger partial charge in [0.2, 0.25) is 0 Å². The van der Waals surface area contributed by atoms with E-state index in [1.54, 1.807) is 30.3 Å². The Hall–Kier alpha value is -4.71. The Morgan fingerprint density at radius 3 is 1.56 bits per heavy atom. The standard InChI is InChI=1S/C52H54Cl3NO12/c1-2-28-61-50-47(67-48(58)39-26-16-7-17-27-39)46(64-33-38-24-14-6-15-25-38)44(40(29-57)65-50)68-49-42(56-51(59)52(53,54)55)45(63-32-37-22-12-5-13-23-37)43(62-31-36-20-10-4-11-21-36)41(66-49)34-60-30-35-18-8-3-9-19-35/h2-27,40-47,49-50,57H,1,28-34H2,(H,56,59)/t40-,41-,42-,43+,44-,45-,46+,47+,49+,50+/m1/s1. The van der Waals surface area contributed by atoms with Crippen LogP contribution >= 0.6 is 34.8 Å². The van der Waals surface area contributed by atoms with E-state index in [4.69, 9.17) is 77.4 Å². The number of nitrogens with one attached hydrogen (secondary N) is 1. The van der Waals surface area contributed by atoms with Crippen LogP contribution < -0.4 is 5.32 Å². The molecular weight excluding hydrogens is 937 g/mol. The summed E-state index contributed by atoms with van der Waals surface area (Å²) in [6.07, 6.45) is -9.27. The topological polar surface area (TPSA) is 149 Å². The molecule has 1 amide bonds. The number of amides is 1. The molecule has 2 aliphatic heterocycles. The third-order valence-electron chi connectivity index (χ3n) is 11.1. The minimum absolute atomic E-state index is 0.00416. The highest BCUT2D eigenvalue weighted by Crippen LogP contribution is 2.36. The van der Waals surface area contributed by atoms with Crippen LogP contribution in [0.15, 0.2) is 164 Å². The molecular formula is C52H54Cl3NO12. The number of alkyl halides is 3. The molecule has 5 aromatic carbocycles. The maximum Gasteiger partial charge on any atom is 0.338 e. The van der Waals surface area contributed by atoms with Gasteiger partial charge < -0.3 is 53.1 Å². The highest BCUT2D eigenvalue weighted by Gasteiger charge is 2.55. The quantitative estimate of drug-likeness (QED) is 0.0393. The van der Waals surface area contributed by atoms with Crippen LogP contribution in [0.4, 0.5) is 0 Å². The first-order valence-corrected chi connectivity index (χ1v) is 23.3. The molecule has 0 aliphatic carbocycles. The Bertz CT molecular complexity index is 2280. The summed E-state index contributed by atoms with van der Waals surface area (Å²) in [5.74, 6) is -1.72. The second kappa shape index (κ2) is 25.8. The molecule has 5 aromatic rings. The predicted octanol–water partition coefficient (Wildman–Crippen LogP) is 8.07. The van der Waals surface area contributed by atoms with Crippen molar-refractivity contribution in [3.63, 3.8) is 0 Å². The number of rotatable bonds is 22. The first-order valence-electron chi connectivity index (χ1n) is 22.1. The van der Waals surface area contributed by atoms with Gasteiger partial charge in [-0.25, -0.2) is 4.79 Å². The Morgan fingerprint density at radius 2 is 1.06 bits per heavy atom. The molecule has 2 saturated heterocycles. The molecule has 0 radical (unpaired) electrons. The number of hydrogen-bond acceptors (Lipinski definition) is 12. The average molecular weight is 991 g/mol. The molecule has 0 unspecified atom stereocenters. The molecule has 2 aliphatic rings. The Morgan fingerprint density at radius 1 is 0.588 bits per heavy atom. The summed E-state index contributed by atoms with van der Waals surface area (Å²) < 4.78 is 56.6. The molecule has 68 heavy (non-hydrogen) atoms. The SMILES string of the molecule is C=CCO[C@H]1O[C@H](CO)[C@@H](O[C@@H]2O[C@H](COCc3ccccc3)[C@H](OCc3ccccc3)[C@H](OCc3ccccc3)[C@H]2NC(=O)C(Cl)(Cl)Cl)[C@H](OCc2ccccc2)[C@@H]1OC(=O)c1ccccc1.